The van der Waals surface area contributed by atoms with Crippen LogP contribution in [-0.4, -0.2) is 36.2 Å². The van der Waals surface area contributed by atoms with Gasteiger partial charge in [0.15, 0.2) is 0 Å². The van der Waals surface area contributed by atoms with Crippen molar-refractivity contribution in [3.05, 3.63) is 29.3 Å². The van der Waals surface area contributed by atoms with E-state index in [-0.39, 0.29) is 5.91 Å². The fourth-order valence-corrected chi connectivity index (χ4v) is 1.93. The maximum absolute atomic E-state index is 11.7. The van der Waals surface area contributed by atoms with Gasteiger partial charge < -0.3 is 14.7 Å². The van der Waals surface area contributed by atoms with Crippen molar-refractivity contribution in [2.24, 2.45) is 0 Å². The summed E-state index contributed by atoms with van der Waals surface area (Å²) in [4.78, 5) is 13.2. The molecule has 1 unspecified atom stereocenters. The molecule has 1 aromatic rings. The molecule has 0 aliphatic heterocycles. The molecule has 0 aliphatic rings. The van der Waals surface area contributed by atoms with Gasteiger partial charge in [-0.1, -0.05) is 26.0 Å². The van der Waals surface area contributed by atoms with Gasteiger partial charge in [0.25, 0.3) is 5.91 Å². The second-order valence-electron chi connectivity index (χ2n) is 5.10. The summed E-state index contributed by atoms with van der Waals surface area (Å²) in [6.07, 6.45) is -0.982. The number of ether oxygens (including phenoxy) is 1. The number of aliphatic hydroxyl groups is 1. The molecule has 0 aliphatic carbocycles. The summed E-state index contributed by atoms with van der Waals surface area (Å²) in [5, 5.41) is 9.32. The zero-order chi connectivity index (χ0) is 14.6. The van der Waals surface area contributed by atoms with Crippen LogP contribution in [0, 0.1) is 0 Å². The number of likely N-dealkylation sites (N-methyl/N-ethyl adjacent to an activating group) is 1. The highest BCUT2D eigenvalue weighted by atomic mass is 16.5. The van der Waals surface area contributed by atoms with E-state index in [1.165, 1.54) is 17.4 Å². The molecule has 1 rings (SSSR count). The molecule has 0 spiro atoms. The minimum Gasteiger partial charge on any atom is -0.496 e. The SMILES string of the molecule is COc1ccc(C(C)C)cc1CN(C)C(=O)C(C)O. The Balaban J connectivity index is 2.97. The normalized spacial score (nSPS) is 12.4. The molecule has 0 saturated carbocycles. The molecule has 4 nitrogen and oxygen atoms in total. The number of carbonyl (C=O) groups is 1. The summed E-state index contributed by atoms with van der Waals surface area (Å²) in [5.74, 6) is 0.883. The number of hydrogen-bond acceptors (Lipinski definition) is 3. The molecule has 0 saturated heterocycles. The fourth-order valence-electron chi connectivity index (χ4n) is 1.93. The molecule has 0 heterocycles. The molecule has 0 aromatic heterocycles. The van der Waals surface area contributed by atoms with Gasteiger partial charge in [-0.15, -0.1) is 0 Å². The Morgan fingerprint density at radius 3 is 2.47 bits per heavy atom. The van der Waals surface area contributed by atoms with Gasteiger partial charge in [-0.05, 0) is 24.5 Å². The molecule has 4 heteroatoms. The van der Waals surface area contributed by atoms with E-state index in [1.807, 2.05) is 12.1 Å². The second-order valence-corrected chi connectivity index (χ2v) is 5.10. The lowest BCUT2D eigenvalue weighted by molar-refractivity contribution is -0.138. The Bertz CT molecular complexity index is 441. The quantitative estimate of drug-likeness (QED) is 0.887. The van der Waals surface area contributed by atoms with Gasteiger partial charge in [0.2, 0.25) is 0 Å². The third-order valence-electron chi connectivity index (χ3n) is 3.11. The molecule has 19 heavy (non-hydrogen) atoms. The van der Waals surface area contributed by atoms with Crippen LogP contribution in [0.25, 0.3) is 0 Å². The Kier molecular flexibility index (Phi) is 5.36. The molecule has 1 aromatic carbocycles. The monoisotopic (exact) mass is 265 g/mol. The van der Waals surface area contributed by atoms with Gasteiger partial charge in [0, 0.05) is 19.2 Å². The lowest BCUT2D eigenvalue weighted by atomic mass is 10.00. The van der Waals surface area contributed by atoms with Crippen LogP contribution in [0.3, 0.4) is 0 Å². The summed E-state index contributed by atoms with van der Waals surface area (Å²) in [6, 6.07) is 6.00. The zero-order valence-corrected chi connectivity index (χ0v) is 12.3. The average Bonchev–Trinajstić information content (AvgIpc) is 2.37. The smallest absolute Gasteiger partial charge is 0.251 e. The van der Waals surface area contributed by atoms with Crippen LogP contribution in [0.5, 0.6) is 5.75 Å². The minimum absolute atomic E-state index is 0.294. The fraction of sp³-hybridized carbons (Fsp3) is 0.533. The number of methoxy groups -OCH3 is 1. The van der Waals surface area contributed by atoms with Crippen molar-refractivity contribution < 1.29 is 14.6 Å². The topological polar surface area (TPSA) is 49.8 Å². The first kappa shape index (κ1) is 15.5. The lowest BCUT2D eigenvalue weighted by Gasteiger charge is -2.21. The van der Waals surface area contributed by atoms with Gasteiger partial charge in [0.1, 0.15) is 11.9 Å². The Hall–Kier alpha value is -1.55. The van der Waals surface area contributed by atoms with Crippen molar-refractivity contribution in [1.82, 2.24) is 4.90 Å². The van der Waals surface area contributed by atoms with Crippen molar-refractivity contribution in [3.63, 3.8) is 0 Å². The van der Waals surface area contributed by atoms with Crippen LogP contribution in [0.2, 0.25) is 0 Å². The number of amides is 1. The second kappa shape index (κ2) is 6.57. The average molecular weight is 265 g/mol. The first-order valence-electron chi connectivity index (χ1n) is 6.46. The van der Waals surface area contributed by atoms with Gasteiger partial charge in [-0.3, -0.25) is 4.79 Å². The van der Waals surface area contributed by atoms with E-state index in [4.69, 9.17) is 4.74 Å². The van der Waals surface area contributed by atoms with Crippen LogP contribution < -0.4 is 4.74 Å². The molecule has 1 atom stereocenters. The number of aliphatic hydroxyl groups excluding tert-OH is 1. The highest BCUT2D eigenvalue weighted by molar-refractivity contribution is 5.80. The molecular formula is C15H23NO3. The van der Waals surface area contributed by atoms with E-state index in [1.54, 1.807) is 14.2 Å². The molecule has 1 amide bonds. The lowest BCUT2D eigenvalue weighted by Crippen LogP contribution is -2.34. The summed E-state index contributed by atoms with van der Waals surface area (Å²) in [5.41, 5.74) is 2.15. The maximum atomic E-state index is 11.7. The third-order valence-corrected chi connectivity index (χ3v) is 3.11. The van der Waals surface area contributed by atoms with Crippen molar-refractivity contribution in [1.29, 1.82) is 0 Å². The maximum Gasteiger partial charge on any atom is 0.251 e. The van der Waals surface area contributed by atoms with Crippen LogP contribution in [0.15, 0.2) is 18.2 Å². The van der Waals surface area contributed by atoms with Gasteiger partial charge in [0.05, 0.1) is 7.11 Å². The molecule has 0 radical (unpaired) electrons. The van der Waals surface area contributed by atoms with Gasteiger partial charge in [-0.2, -0.15) is 0 Å². The van der Waals surface area contributed by atoms with Crippen LogP contribution in [0.4, 0.5) is 0 Å². The largest absolute Gasteiger partial charge is 0.496 e. The standard InChI is InChI=1S/C15H23NO3/c1-10(2)12-6-7-14(19-5)13(8-12)9-16(4)15(18)11(3)17/h6-8,10-11,17H,9H2,1-5H3. The Labute approximate surface area is 115 Å². The number of nitrogens with zero attached hydrogens (tertiary/aromatic N) is 1. The molecule has 106 valence electrons. The summed E-state index contributed by atoms with van der Waals surface area (Å²) < 4.78 is 5.32. The van der Waals surface area contributed by atoms with Crippen molar-refractivity contribution in [3.8, 4) is 5.75 Å². The predicted molar refractivity (Wildman–Crippen MR) is 75.2 cm³/mol. The van der Waals surface area contributed by atoms with Crippen LogP contribution >= 0.6 is 0 Å². The highest BCUT2D eigenvalue weighted by Gasteiger charge is 2.17. The summed E-state index contributed by atoms with van der Waals surface area (Å²) >= 11 is 0. The summed E-state index contributed by atoms with van der Waals surface area (Å²) in [7, 11) is 3.29. The molecule has 0 bridgehead atoms. The van der Waals surface area contributed by atoms with E-state index in [0.29, 0.717) is 12.5 Å². The highest BCUT2D eigenvalue weighted by Crippen LogP contribution is 2.25. The van der Waals surface area contributed by atoms with E-state index in [0.717, 1.165) is 11.3 Å². The number of carbonyl (C=O) groups excluding carboxylic acids is 1. The number of benzene rings is 1. The molecule has 1 N–H and O–H groups in total. The molecular weight excluding hydrogens is 242 g/mol. The predicted octanol–water partition coefficient (Wildman–Crippen LogP) is 2.16. The van der Waals surface area contributed by atoms with Gasteiger partial charge >= 0.3 is 0 Å². The Morgan fingerprint density at radius 2 is 2.00 bits per heavy atom. The van der Waals surface area contributed by atoms with E-state index in [2.05, 4.69) is 19.9 Å². The van der Waals surface area contributed by atoms with Crippen molar-refractivity contribution >= 4 is 5.91 Å². The first-order valence-corrected chi connectivity index (χ1v) is 6.46. The van der Waals surface area contributed by atoms with E-state index in [9.17, 15) is 9.90 Å². The van der Waals surface area contributed by atoms with Gasteiger partial charge in [-0.25, -0.2) is 0 Å². The first-order chi connectivity index (χ1) is 8.86. The van der Waals surface area contributed by atoms with Crippen LogP contribution in [0.1, 0.15) is 37.8 Å². The molecule has 0 fully saturated rings. The third kappa shape index (κ3) is 3.96. The zero-order valence-electron chi connectivity index (χ0n) is 12.3. The van der Waals surface area contributed by atoms with Crippen molar-refractivity contribution in [2.75, 3.05) is 14.2 Å². The Morgan fingerprint density at radius 1 is 1.37 bits per heavy atom. The van der Waals surface area contributed by atoms with E-state index < -0.39 is 6.10 Å². The number of hydrogen-bond donors (Lipinski definition) is 1. The van der Waals surface area contributed by atoms with Crippen molar-refractivity contribution in [2.45, 2.75) is 39.3 Å². The van der Waals surface area contributed by atoms with Crippen LogP contribution in [-0.2, 0) is 11.3 Å². The summed E-state index contributed by atoms with van der Waals surface area (Å²) in [6.45, 7) is 6.14. The number of rotatable bonds is 5. The minimum atomic E-state index is -0.982. The van der Waals surface area contributed by atoms with E-state index >= 15 is 0 Å².